The molecule has 6 nitrogen and oxygen atoms in total. The molecule has 32 heavy (non-hydrogen) atoms. The molecule has 0 spiro atoms. The highest BCUT2D eigenvalue weighted by atomic mass is 16.4. The van der Waals surface area contributed by atoms with Crippen LogP contribution in [0.15, 0.2) is 12.5 Å². The molecule has 1 aromatic rings. The van der Waals surface area contributed by atoms with Crippen molar-refractivity contribution in [3.63, 3.8) is 0 Å². The van der Waals surface area contributed by atoms with Gasteiger partial charge in [-0.1, -0.05) is 110 Å². The van der Waals surface area contributed by atoms with E-state index in [1.807, 2.05) is 0 Å². The van der Waals surface area contributed by atoms with Crippen molar-refractivity contribution in [2.75, 3.05) is 0 Å². The van der Waals surface area contributed by atoms with Crippen molar-refractivity contribution in [2.45, 2.75) is 135 Å². The highest BCUT2D eigenvalue weighted by molar-refractivity contribution is 5.80. The van der Waals surface area contributed by atoms with E-state index in [2.05, 4.69) is 11.9 Å². The van der Waals surface area contributed by atoms with Crippen molar-refractivity contribution < 1.29 is 14.7 Å². The van der Waals surface area contributed by atoms with Gasteiger partial charge in [-0.15, -0.1) is 0 Å². The van der Waals surface area contributed by atoms with Crippen LogP contribution in [0, 0.1) is 0 Å². The van der Waals surface area contributed by atoms with Gasteiger partial charge in [0.1, 0.15) is 12.4 Å². The van der Waals surface area contributed by atoms with Crippen LogP contribution >= 0.6 is 0 Å². The maximum absolute atomic E-state index is 12.4. The minimum atomic E-state index is -1.07. The van der Waals surface area contributed by atoms with Crippen LogP contribution in [0.2, 0.25) is 0 Å². The number of aromatic nitrogens is 2. The molecule has 6 heteroatoms. The van der Waals surface area contributed by atoms with Gasteiger partial charge in [0.25, 0.3) is 0 Å². The third-order valence-corrected chi connectivity index (χ3v) is 6.22. The Kier molecular flexibility index (Phi) is 16.7. The molecule has 0 bridgehead atoms. The third kappa shape index (κ3) is 13.7. The number of imidazole rings is 1. The Labute approximate surface area is 195 Å². The number of hydrogen-bond donors (Lipinski definition) is 2. The Hall–Kier alpha value is -1.69. The first-order chi connectivity index (χ1) is 15.6. The van der Waals surface area contributed by atoms with E-state index in [0.29, 0.717) is 12.1 Å². The summed E-state index contributed by atoms with van der Waals surface area (Å²) in [6, 6.07) is -1.02. The summed E-state index contributed by atoms with van der Waals surface area (Å²) >= 11 is 0. The molecule has 0 amide bonds. The second-order valence-electron chi connectivity index (χ2n) is 9.20. The molecule has 0 radical (unpaired) electrons. The summed E-state index contributed by atoms with van der Waals surface area (Å²) < 4.78 is 1.45. The van der Waals surface area contributed by atoms with Crippen LogP contribution in [0.4, 0.5) is 0 Å². The van der Waals surface area contributed by atoms with E-state index >= 15 is 0 Å². The lowest BCUT2D eigenvalue weighted by atomic mass is 10.0. The van der Waals surface area contributed by atoms with E-state index in [1.54, 1.807) is 0 Å². The van der Waals surface area contributed by atoms with E-state index in [-0.39, 0.29) is 12.3 Å². The quantitative estimate of drug-likeness (QED) is 0.208. The largest absolute Gasteiger partial charge is 0.480 e. The molecule has 1 aromatic heterocycles. The predicted molar refractivity (Wildman–Crippen MR) is 131 cm³/mol. The van der Waals surface area contributed by atoms with Crippen LogP contribution in [0.5, 0.6) is 0 Å². The zero-order chi connectivity index (χ0) is 23.4. The minimum absolute atomic E-state index is 0.0314. The first-order valence-electron chi connectivity index (χ1n) is 13.1. The number of hydrogen-bond acceptors (Lipinski definition) is 4. The lowest BCUT2D eigenvalue weighted by Gasteiger charge is -2.09. The Morgan fingerprint density at radius 1 is 0.844 bits per heavy atom. The fourth-order valence-corrected chi connectivity index (χ4v) is 4.13. The van der Waals surface area contributed by atoms with Gasteiger partial charge in [0.05, 0.1) is 0 Å². The van der Waals surface area contributed by atoms with Gasteiger partial charge < -0.3 is 10.8 Å². The molecule has 0 aliphatic rings. The van der Waals surface area contributed by atoms with Crippen molar-refractivity contribution >= 4 is 11.9 Å². The number of carboxylic acids is 1. The van der Waals surface area contributed by atoms with Crippen molar-refractivity contribution in [3.8, 4) is 0 Å². The lowest BCUT2D eigenvalue weighted by molar-refractivity contribution is -0.138. The van der Waals surface area contributed by atoms with Gasteiger partial charge >= 0.3 is 5.97 Å². The molecule has 0 saturated heterocycles. The number of carbonyl (C=O) groups excluding carboxylic acids is 1. The smallest absolute Gasteiger partial charge is 0.320 e. The highest BCUT2D eigenvalue weighted by Gasteiger charge is 2.17. The number of nitrogens with zero attached hydrogens (tertiary/aromatic N) is 2. The Bertz CT molecular complexity index is 615. The van der Waals surface area contributed by atoms with E-state index < -0.39 is 12.0 Å². The maximum Gasteiger partial charge on any atom is 0.320 e. The molecular formula is C26H47N3O3. The lowest BCUT2D eigenvalue weighted by Crippen LogP contribution is -2.33. The topological polar surface area (TPSA) is 98.2 Å². The summed E-state index contributed by atoms with van der Waals surface area (Å²) in [4.78, 5) is 27.3. The van der Waals surface area contributed by atoms with E-state index in [4.69, 9.17) is 10.8 Å². The van der Waals surface area contributed by atoms with Crippen LogP contribution in [0.1, 0.15) is 133 Å². The molecule has 184 valence electrons. The summed E-state index contributed by atoms with van der Waals surface area (Å²) in [6.07, 6.45) is 25.9. The molecule has 1 rings (SSSR count). The molecule has 0 saturated carbocycles. The minimum Gasteiger partial charge on any atom is -0.480 e. The van der Waals surface area contributed by atoms with Gasteiger partial charge in [0, 0.05) is 24.7 Å². The SMILES string of the molecule is CCCCCCCCCCCCCCCCCCCC(=O)n1cncc1CC(N)C(=O)O. The van der Waals surface area contributed by atoms with Crippen molar-refractivity contribution in [3.05, 3.63) is 18.2 Å². The third-order valence-electron chi connectivity index (χ3n) is 6.22. The highest BCUT2D eigenvalue weighted by Crippen LogP contribution is 2.15. The second kappa shape index (κ2) is 18.8. The average Bonchev–Trinajstić information content (AvgIpc) is 3.23. The van der Waals surface area contributed by atoms with Crippen LogP contribution in [0.25, 0.3) is 0 Å². The number of aliphatic carboxylic acids is 1. The molecule has 1 heterocycles. The standard InChI is InChI=1S/C26H47N3O3/c1-2-3-4-5-6-7-8-9-10-11-12-13-14-15-16-17-18-19-25(30)29-22-28-21-23(29)20-24(27)26(31)32/h21-22,24H,2-20,27H2,1H3,(H,31,32). The van der Waals surface area contributed by atoms with Crippen molar-refractivity contribution in [1.29, 1.82) is 0 Å². The van der Waals surface area contributed by atoms with Gasteiger partial charge in [0.2, 0.25) is 5.91 Å². The summed E-state index contributed by atoms with van der Waals surface area (Å²) in [7, 11) is 0. The number of rotatable bonds is 21. The Morgan fingerprint density at radius 3 is 1.72 bits per heavy atom. The van der Waals surface area contributed by atoms with Gasteiger partial charge in [0.15, 0.2) is 0 Å². The van der Waals surface area contributed by atoms with Gasteiger partial charge in [-0.3, -0.25) is 14.2 Å². The summed E-state index contributed by atoms with van der Waals surface area (Å²) in [6.45, 7) is 2.27. The fourth-order valence-electron chi connectivity index (χ4n) is 4.13. The summed E-state index contributed by atoms with van der Waals surface area (Å²) in [5.74, 6) is -1.10. The maximum atomic E-state index is 12.4. The number of nitrogens with two attached hydrogens (primary N) is 1. The van der Waals surface area contributed by atoms with E-state index in [0.717, 1.165) is 12.8 Å². The predicted octanol–water partition coefficient (Wildman–Crippen LogP) is 6.52. The Balaban J connectivity index is 1.93. The molecule has 0 aliphatic carbocycles. The molecule has 0 aliphatic heterocycles. The molecule has 1 atom stereocenters. The average molecular weight is 450 g/mol. The molecule has 0 fully saturated rings. The second-order valence-corrected chi connectivity index (χ2v) is 9.20. The first-order valence-corrected chi connectivity index (χ1v) is 13.1. The van der Waals surface area contributed by atoms with Crippen LogP contribution in [0.3, 0.4) is 0 Å². The fraction of sp³-hybridized carbons (Fsp3) is 0.808. The van der Waals surface area contributed by atoms with Crippen LogP contribution < -0.4 is 5.73 Å². The normalized spacial score (nSPS) is 12.2. The van der Waals surface area contributed by atoms with E-state index in [9.17, 15) is 9.59 Å². The summed E-state index contributed by atoms with van der Waals surface area (Å²) in [5, 5.41) is 8.94. The van der Waals surface area contributed by atoms with Gasteiger partial charge in [-0.25, -0.2) is 4.98 Å². The molecule has 1 unspecified atom stereocenters. The Morgan fingerprint density at radius 2 is 1.28 bits per heavy atom. The van der Waals surface area contributed by atoms with Crippen LogP contribution in [-0.2, 0) is 11.2 Å². The number of unbranched alkanes of at least 4 members (excludes halogenated alkanes) is 16. The zero-order valence-electron chi connectivity index (χ0n) is 20.4. The van der Waals surface area contributed by atoms with Gasteiger partial charge in [-0.05, 0) is 6.42 Å². The number of carboxylic acid groups (broad SMARTS) is 1. The van der Waals surface area contributed by atoms with Gasteiger partial charge in [-0.2, -0.15) is 0 Å². The molecule has 0 aromatic carbocycles. The zero-order valence-corrected chi connectivity index (χ0v) is 20.4. The number of carbonyl (C=O) groups is 2. The van der Waals surface area contributed by atoms with Crippen molar-refractivity contribution in [2.24, 2.45) is 5.73 Å². The van der Waals surface area contributed by atoms with Crippen LogP contribution in [-0.4, -0.2) is 32.6 Å². The molecular weight excluding hydrogens is 402 g/mol. The summed E-state index contributed by atoms with van der Waals surface area (Å²) in [5.41, 5.74) is 6.14. The van der Waals surface area contributed by atoms with E-state index in [1.165, 1.54) is 113 Å². The van der Waals surface area contributed by atoms with Crippen molar-refractivity contribution in [1.82, 2.24) is 9.55 Å². The first kappa shape index (κ1) is 28.3. The monoisotopic (exact) mass is 449 g/mol. The molecule has 3 N–H and O–H groups in total.